The number of piperidine rings is 1. The van der Waals surface area contributed by atoms with E-state index in [0.29, 0.717) is 42.5 Å². The fourth-order valence-corrected chi connectivity index (χ4v) is 12.4. The van der Waals surface area contributed by atoms with Crippen molar-refractivity contribution in [3.05, 3.63) is 46.4 Å². The van der Waals surface area contributed by atoms with Crippen LogP contribution in [-0.2, 0) is 44.7 Å². The highest BCUT2D eigenvalue weighted by atomic mass is 32.1. The third-order valence-corrected chi connectivity index (χ3v) is 17.1. The van der Waals surface area contributed by atoms with E-state index in [2.05, 4.69) is 41.8 Å². The molecule has 1 aliphatic carbocycles. The van der Waals surface area contributed by atoms with Gasteiger partial charge in [-0.2, -0.15) is 0 Å². The summed E-state index contributed by atoms with van der Waals surface area (Å²) in [5.74, 6) is -3.27. The van der Waals surface area contributed by atoms with Crippen molar-refractivity contribution < 1.29 is 52.9 Å². The number of aromatic nitrogens is 1. The topological polar surface area (TPSA) is 296 Å². The Morgan fingerprint density at radius 2 is 1.63 bits per heavy atom. The van der Waals surface area contributed by atoms with Gasteiger partial charge in [-0.25, -0.2) is 14.6 Å². The van der Waals surface area contributed by atoms with Crippen LogP contribution in [0.15, 0.2) is 35.8 Å². The molecule has 0 radical (unpaired) electrons. The standard InChI is InChI=1S/C55H87N11O11S/c1-12-32(6)45(65(9)53(72)44(31(4)5)62-51(71)46-35-20-21-37(28-35)64(46)8)41(76-10)29-42(67)66-24-15-19-40(66)47(77-11)33(7)48(68)61-39(52-57-23-25-78-52)27-34-16-13-17-36(26-34)59-49(69)38(18-14-22-58-54(56)73)60-50(70)43(30(2)3)63-55(74)75/h13,16-17,23,25-26,30-33,35,37-41,43-47,63H,12,14-15,18-22,24,27-29H2,1-11H3,(H,59,69)(H,60,70)(H,61,68)(H,62,71)(H,74,75)(H3,56,58,73)/t32?,33?,35-,37+,38?,39?,40-,41?,43?,44?,45?,46-,47?/m0/s1. The summed E-state index contributed by atoms with van der Waals surface area (Å²) in [4.78, 5) is 117. The molecule has 9 unspecified atom stereocenters. The molecule has 3 heterocycles. The Labute approximate surface area is 463 Å². The molecule has 78 heavy (non-hydrogen) atoms. The lowest BCUT2D eigenvalue weighted by molar-refractivity contribution is -0.148. The van der Waals surface area contributed by atoms with E-state index in [1.807, 2.05) is 46.2 Å². The third kappa shape index (κ3) is 16.3. The molecule has 22 nitrogen and oxygen atoms in total. The second-order valence-corrected chi connectivity index (χ2v) is 23.1. The quantitative estimate of drug-likeness (QED) is 0.0530. The third-order valence-electron chi connectivity index (χ3n) is 16.2. The van der Waals surface area contributed by atoms with Crippen molar-refractivity contribution in [2.24, 2.45) is 35.3 Å². The number of amides is 9. The number of ether oxygens (including phenoxy) is 2. The number of likely N-dealkylation sites (tertiary alicyclic amines) is 2. The Hall–Kier alpha value is -5.91. The summed E-state index contributed by atoms with van der Waals surface area (Å²) in [7, 11) is 6.82. The van der Waals surface area contributed by atoms with Crippen molar-refractivity contribution in [2.45, 2.75) is 173 Å². The normalized spacial score (nSPS) is 21.6. The molecule has 0 spiro atoms. The zero-order valence-corrected chi connectivity index (χ0v) is 48.2. The minimum atomic E-state index is -1.39. The van der Waals surface area contributed by atoms with Crippen molar-refractivity contribution >= 4 is 64.6 Å². The lowest BCUT2D eigenvalue weighted by Crippen LogP contribution is -2.60. The number of urea groups is 1. The number of rotatable bonds is 29. The molecule has 3 aliphatic rings. The second-order valence-electron chi connectivity index (χ2n) is 22.1. The van der Waals surface area contributed by atoms with E-state index in [-0.39, 0.29) is 79.7 Å². The van der Waals surface area contributed by atoms with Crippen LogP contribution < -0.4 is 37.6 Å². The van der Waals surface area contributed by atoms with Crippen LogP contribution in [0, 0.1) is 29.6 Å². The lowest BCUT2D eigenvalue weighted by atomic mass is 9.89. The summed E-state index contributed by atoms with van der Waals surface area (Å²) in [6, 6.07) is 1.83. The molecule has 9 N–H and O–H groups in total. The van der Waals surface area contributed by atoms with Gasteiger partial charge in [0.05, 0.1) is 48.7 Å². The van der Waals surface area contributed by atoms with Gasteiger partial charge in [-0.05, 0) is 99.8 Å². The molecule has 2 bridgehead atoms. The van der Waals surface area contributed by atoms with Gasteiger partial charge in [0, 0.05) is 57.7 Å². The lowest BCUT2D eigenvalue weighted by Gasteiger charge is -2.41. The maximum Gasteiger partial charge on any atom is 0.405 e. The van der Waals surface area contributed by atoms with Crippen LogP contribution in [0.25, 0.3) is 0 Å². The van der Waals surface area contributed by atoms with Crippen LogP contribution in [0.3, 0.4) is 0 Å². The van der Waals surface area contributed by atoms with E-state index in [0.717, 1.165) is 24.8 Å². The highest BCUT2D eigenvalue weighted by Gasteiger charge is 2.49. The molecule has 5 rings (SSSR count). The second kappa shape index (κ2) is 29.3. The van der Waals surface area contributed by atoms with Gasteiger partial charge in [-0.3, -0.25) is 33.7 Å². The summed E-state index contributed by atoms with van der Waals surface area (Å²) in [5.41, 5.74) is 6.34. The van der Waals surface area contributed by atoms with Gasteiger partial charge in [0.25, 0.3) is 0 Å². The number of methoxy groups -OCH3 is 2. The molecule has 9 amide bonds. The molecule has 2 aliphatic heterocycles. The van der Waals surface area contributed by atoms with Gasteiger partial charge in [-0.1, -0.05) is 67.0 Å². The van der Waals surface area contributed by atoms with Gasteiger partial charge in [0.2, 0.25) is 35.4 Å². The van der Waals surface area contributed by atoms with Crippen LogP contribution in [0.1, 0.15) is 123 Å². The van der Waals surface area contributed by atoms with Crippen molar-refractivity contribution in [2.75, 3.05) is 46.7 Å². The van der Waals surface area contributed by atoms with E-state index in [9.17, 15) is 43.5 Å². The number of thiazole rings is 1. The highest BCUT2D eigenvalue weighted by Crippen LogP contribution is 2.41. The molecule has 434 valence electrons. The van der Waals surface area contributed by atoms with E-state index < -0.39 is 84.2 Å². The number of carboxylic acid groups (broad SMARTS) is 1. The number of benzene rings is 1. The summed E-state index contributed by atoms with van der Waals surface area (Å²) in [6.45, 7) is 13.6. The number of fused-ring (bicyclic) bond motifs is 2. The molecular weight excluding hydrogens is 1020 g/mol. The molecular formula is C55H87N11O11S. The molecule has 3 fully saturated rings. The number of nitrogens with one attached hydrogen (secondary N) is 6. The number of primary amides is 1. The van der Waals surface area contributed by atoms with E-state index in [1.165, 1.54) is 18.4 Å². The zero-order valence-electron chi connectivity index (χ0n) is 47.4. The summed E-state index contributed by atoms with van der Waals surface area (Å²) in [5, 5.41) is 28.3. The summed E-state index contributed by atoms with van der Waals surface area (Å²) < 4.78 is 12.2. The molecule has 13 atom stereocenters. The minimum Gasteiger partial charge on any atom is -0.465 e. The highest BCUT2D eigenvalue weighted by molar-refractivity contribution is 7.09. The first-order chi connectivity index (χ1) is 37.0. The van der Waals surface area contributed by atoms with Crippen LogP contribution in [0.2, 0.25) is 0 Å². The molecule has 1 aromatic carbocycles. The Balaban J connectivity index is 1.27. The van der Waals surface area contributed by atoms with Crippen LogP contribution in [0.5, 0.6) is 0 Å². The van der Waals surface area contributed by atoms with Crippen molar-refractivity contribution in [1.82, 2.24) is 46.3 Å². The van der Waals surface area contributed by atoms with Gasteiger partial charge < -0.3 is 62.0 Å². The Kier molecular flexibility index (Phi) is 23.7. The van der Waals surface area contributed by atoms with Crippen molar-refractivity contribution in [1.29, 1.82) is 0 Å². The number of carbonyl (C=O) groups is 8. The SMILES string of the molecule is CCC(C)C(C(CC(=O)N1CCC[C@H]1C(OC)C(C)C(=O)NC(Cc1cccc(NC(=O)C(CCCNC(N)=O)NC(=O)C(NC(=O)O)C(C)C)c1)c1nccs1)OC)N(C)C(=O)C(NC(=O)[C@@H]1[C@H]2CC[C@H](C2)N1C)C(C)C. The first-order valence-corrected chi connectivity index (χ1v) is 28.5. The number of anilines is 1. The predicted molar refractivity (Wildman–Crippen MR) is 296 cm³/mol. The molecule has 1 aromatic heterocycles. The number of nitrogens with zero attached hydrogens (tertiary/aromatic N) is 4. The number of hydrogen-bond acceptors (Lipinski definition) is 13. The number of hydrogen-bond donors (Lipinski definition) is 8. The molecule has 23 heteroatoms. The van der Waals surface area contributed by atoms with E-state index in [4.69, 9.17) is 15.2 Å². The van der Waals surface area contributed by atoms with Crippen LogP contribution in [0.4, 0.5) is 15.3 Å². The first-order valence-electron chi connectivity index (χ1n) is 27.6. The van der Waals surface area contributed by atoms with E-state index >= 15 is 0 Å². The fraction of sp³-hybridized carbons (Fsp3) is 0.691. The van der Waals surface area contributed by atoms with E-state index in [1.54, 1.807) is 69.1 Å². The van der Waals surface area contributed by atoms with Crippen LogP contribution in [-0.4, -0.2) is 168 Å². The minimum absolute atomic E-state index is 0.0243. The maximum atomic E-state index is 14.6. The smallest absolute Gasteiger partial charge is 0.405 e. The van der Waals surface area contributed by atoms with Crippen molar-refractivity contribution in [3.8, 4) is 0 Å². The largest absolute Gasteiger partial charge is 0.465 e. The number of carbonyl (C=O) groups excluding carboxylic acids is 7. The average Bonchev–Trinajstić information content (AvgIpc) is 4.26. The maximum absolute atomic E-state index is 14.6. The summed E-state index contributed by atoms with van der Waals surface area (Å²) in [6.07, 6.45) is 4.57. The zero-order chi connectivity index (χ0) is 57.5. The van der Waals surface area contributed by atoms with Crippen LogP contribution >= 0.6 is 11.3 Å². The number of likely N-dealkylation sites (N-methyl/N-ethyl adjacent to an activating group) is 2. The average molecular weight is 1110 g/mol. The van der Waals surface area contributed by atoms with Gasteiger partial charge in [0.15, 0.2) is 0 Å². The summed E-state index contributed by atoms with van der Waals surface area (Å²) >= 11 is 1.37. The van der Waals surface area contributed by atoms with Crippen molar-refractivity contribution in [3.63, 3.8) is 0 Å². The van der Waals surface area contributed by atoms with Gasteiger partial charge in [0.1, 0.15) is 23.1 Å². The number of nitrogens with two attached hydrogens (primary N) is 1. The Bertz CT molecular complexity index is 2360. The fourth-order valence-electron chi connectivity index (χ4n) is 11.8. The molecule has 2 aromatic rings. The van der Waals surface area contributed by atoms with Gasteiger partial charge >= 0.3 is 12.1 Å². The Morgan fingerprint density at radius 1 is 0.910 bits per heavy atom. The van der Waals surface area contributed by atoms with Gasteiger partial charge in [-0.15, -0.1) is 11.3 Å². The molecule has 1 saturated carbocycles. The monoisotopic (exact) mass is 1110 g/mol. The molecule has 2 saturated heterocycles. The first kappa shape index (κ1) is 62.9. The Morgan fingerprint density at radius 3 is 2.22 bits per heavy atom. The predicted octanol–water partition coefficient (Wildman–Crippen LogP) is 4.25.